The summed E-state index contributed by atoms with van der Waals surface area (Å²) in [6, 6.07) is 6.93. The normalized spacial score (nSPS) is 25.0. The first-order chi connectivity index (χ1) is 11.7. The summed E-state index contributed by atoms with van der Waals surface area (Å²) in [6.45, 7) is 5.99. The maximum absolute atomic E-state index is 12.7. The fourth-order valence-corrected chi connectivity index (χ4v) is 8.81. The lowest BCUT2D eigenvalue weighted by atomic mass is 10.0. The van der Waals surface area contributed by atoms with Crippen LogP contribution >= 0.6 is 0 Å². The molecule has 0 saturated carbocycles. The van der Waals surface area contributed by atoms with E-state index in [0.717, 1.165) is 18.7 Å². The summed E-state index contributed by atoms with van der Waals surface area (Å²) in [6.07, 6.45) is 0.141. The van der Waals surface area contributed by atoms with E-state index in [4.69, 9.17) is 4.74 Å². The molecule has 0 aromatic heterocycles. The van der Waals surface area contributed by atoms with Crippen molar-refractivity contribution < 1.29 is 21.6 Å². The third-order valence-corrected chi connectivity index (χ3v) is 10.4. The maximum atomic E-state index is 12.7. The average molecular weight is 390 g/mol. The van der Waals surface area contributed by atoms with Crippen LogP contribution in [0.3, 0.4) is 0 Å². The van der Waals surface area contributed by atoms with E-state index in [2.05, 4.69) is 0 Å². The zero-order chi connectivity index (χ0) is 18.7. The minimum Gasteiger partial charge on any atom is -0.497 e. The Bertz CT molecular complexity index is 732. The summed E-state index contributed by atoms with van der Waals surface area (Å²) < 4.78 is 54.5. The molecule has 0 bridgehead atoms. The molecule has 1 aromatic carbocycles. The summed E-state index contributed by atoms with van der Waals surface area (Å²) >= 11 is 0. The Morgan fingerprint density at radius 2 is 1.52 bits per heavy atom. The number of nitrogens with zero attached hydrogens (tertiary/aromatic N) is 1. The van der Waals surface area contributed by atoms with Gasteiger partial charge >= 0.3 is 0 Å². The zero-order valence-electron chi connectivity index (χ0n) is 15.0. The topological polar surface area (TPSA) is 80.8 Å². The van der Waals surface area contributed by atoms with Crippen molar-refractivity contribution in [3.8, 4) is 5.75 Å². The molecule has 25 heavy (non-hydrogen) atoms. The highest BCUT2D eigenvalue weighted by Gasteiger charge is 2.45. The summed E-state index contributed by atoms with van der Waals surface area (Å²) in [7, 11) is -5.86. The highest BCUT2D eigenvalue weighted by Crippen LogP contribution is 2.32. The van der Waals surface area contributed by atoms with Crippen LogP contribution in [0.15, 0.2) is 24.3 Å². The zero-order valence-corrected chi connectivity index (χ0v) is 16.6. The third-order valence-electron chi connectivity index (χ3n) is 4.83. The van der Waals surface area contributed by atoms with Gasteiger partial charge in [0.25, 0.3) is 0 Å². The Labute approximate surface area is 151 Å². The molecule has 1 fully saturated rings. The van der Waals surface area contributed by atoms with Crippen LogP contribution in [-0.2, 0) is 19.7 Å². The highest BCUT2D eigenvalue weighted by atomic mass is 32.3. The molecule has 0 unspecified atom stereocenters. The molecule has 0 N–H and O–H groups in total. The molecule has 0 radical (unpaired) electrons. The molecule has 0 spiro atoms. The van der Waals surface area contributed by atoms with Crippen molar-refractivity contribution in [2.75, 3.05) is 38.2 Å². The van der Waals surface area contributed by atoms with Gasteiger partial charge in [-0.3, -0.25) is 0 Å². The van der Waals surface area contributed by atoms with Gasteiger partial charge in [0.1, 0.15) is 5.75 Å². The van der Waals surface area contributed by atoms with E-state index in [9.17, 15) is 16.8 Å². The van der Waals surface area contributed by atoms with Gasteiger partial charge < -0.3 is 9.64 Å². The van der Waals surface area contributed by atoms with Crippen LogP contribution in [0.5, 0.6) is 5.75 Å². The van der Waals surface area contributed by atoms with Crippen LogP contribution in [0.2, 0.25) is 0 Å². The molecular weight excluding hydrogens is 362 g/mol. The fraction of sp³-hybridized carbons (Fsp3) is 0.647. The van der Waals surface area contributed by atoms with E-state index < -0.39 is 30.2 Å². The van der Waals surface area contributed by atoms with Gasteiger partial charge in [-0.1, -0.05) is 26.0 Å². The predicted molar refractivity (Wildman–Crippen MR) is 99.5 cm³/mol. The van der Waals surface area contributed by atoms with E-state index in [1.807, 2.05) is 18.7 Å². The SMILES string of the molecule is CCN(CC)CCC1S(=O)(=O)CC(c2ccc(OC)cc2)CS1(=O)=O. The van der Waals surface area contributed by atoms with Crippen LogP contribution in [0.1, 0.15) is 31.7 Å². The van der Waals surface area contributed by atoms with Gasteiger partial charge in [0.15, 0.2) is 24.3 Å². The maximum Gasteiger partial charge on any atom is 0.168 e. The first kappa shape index (κ1) is 20.2. The second kappa shape index (κ2) is 8.05. The van der Waals surface area contributed by atoms with Crippen LogP contribution in [-0.4, -0.2) is 64.6 Å². The smallest absolute Gasteiger partial charge is 0.168 e. The molecular formula is C17H27NO5S2. The molecule has 1 aliphatic rings. The number of hydrogen-bond donors (Lipinski definition) is 0. The Hall–Kier alpha value is -1.12. The van der Waals surface area contributed by atoms with Crippen LogP contribution in [0.25, 0.3) is 0 Å². The summed E-state index contributed by atoms with van der Waals surface area (Å²) in [5.41, 5.74) is 0.718. The minimum atomic E-state index is -3.70. The second-order valence-corrected chi connectivity index (χ2v) is 11.1. The molecule has 0 amide bonds. The third kappa shape index (κ3) is 4.74. The molecule has 142 valence electrons. The van der Waals surface area contributed by atoms with Crippen molar-refractivity contribution in [2.45, 2.75) is 30.8 Å². The number of methoxy groups -OCH3 is 1. The summed E-state index contributed by atoms with van der Waals surface area (Å²) in [5, 5.41) is 0. The standard InChI is InChI=1S/C17H27NO5S2/c1-4-18(5-2)11-10-17-24(19,20)12-15(13-25(17,21)22)14-6-8-16(23-3)9-7-14/h6-9,15,17H,4-5,10-13H2,1-3H3. The quantitative estimate of drug-likeness (QED) is 0.706. The molecule has 1 aromatic rings. The summed E-state index contributed by atoms with van der Waals surface area (Å²) in [5.74, 6) is -0.115. The molecule has 0 aliphatic carbocycles. The van der Waals surface area contributed by atoms with Crippen LogP contribution in [0.4, 0.5) is 0 Å². The van der Waals surface area contributed by atoms with Gasteiger partial charge in [-0.25, -0.2) is 16.8 Å². The van der Waals surface area contributed by atoms with E-state index in [1.54, 1.807) is 31.4 Å². The van der Waals surface area contributed by atoms with Gasteiger partial charge in [-0.15, -0.1) is 0 Å². The first-order valence-corrected chi connectivity index (χ1v) is 12.0. The van der Waals surface area contributed by atoms with E-state index in [0.29, 0.717) is 12.3 Å². The van der Waals surface area contributed by atoms with Crippen molar-refractivity contribution in [1.29, 1.82) is 0 Å². The fourth-order valence-electron chi connectivity index (χ4n) is 3.30. The lowest BCUT2D eigenvalue weighted by Crippen LogP contribution is -2.44. The lowest BCUT2D eigenvalue weighted by Gasteiger charge is -2.30. The van der Waals surface area contributed by atoms with Crippen LogP contribution in [0, 0.1) is 0 Å². The number of sulfone groups is 2. The Morgan fingerprint density at radius 1 is 1.00 bits per heavy atom. The largest absolute Gasteiger partial charge is 0.497 e. The van der Waals surface area contributed by atoms with Gasteiger partial charge in [0.2, 0.25) is 0 Å². The molecule has 1 aliphatic heterocycles. The molecule has 1 heterocycles. The van der Waals surface area contributed by atoms with E-state index in [1.165, 1.54) is 0 Å². The molecule has 1 saturated heterocycles. The molecule has 2 rings (SSSR count). The number of rotatable bonds is 7. The van der Waals surface area contributed by atoms with Gasteiger partial charge in [-0.2, -0.15) is 0 Å². The minimum absolute atomic E-state index is 0.124. The van der Waals surface area contributed by atoms with E-state index >= 15 is 0 Å². The Kier molecular flexibility index (Phi) is 6.51. The van der Waals surface area contributed by atoms with Gasteiger partial charge in [0, 0.05) is 12.5 Å². The first-order valence-electron chi connectivity index (χ1n) is 8.53. The lowest BCUT2D eigenvalue weighted by molar-refractivity contribution is 0.302. The average Bonchev–Trinajstić information content (AvgIpc) is 2.56. The monoisotopic (exact) mass is 389 g/mol. The molecule has 6 nitrogen and oxygen atoms in total. The van der Waals surface area contributed by atoms with Crippen molar-refractivity contribution in [1.82, 2.24) is 4.90 Å². The van der Waals surface area contributed by atoms with Crippen LogP contribution < -0.4 is 4.74 Å². The number of benzene rings is 1. The Balaban J connectivity index is 2.20. The molecule has 0 atom stereocenters. The second-order valence-electron chi connectivity index (χ2n) is 6.37. The van der Waals surface area contributed by atoms with E-state index in [-0.39, 0.29) is 17.9 Å². The predicted octanol–water partition coefficient (Wildman–Crippen LogP) is 1.68. The van der Waals surface area contributed by atoms with Crippen molar-refractivity contribution >= 4 is 19.7 Å². The van der Waals surface area contributed by atoms with Gasteiger partial charge in [0.05, 0.1) is 18.6 Å². The Morgan fingerprint density at radius 3 is 1.96 bits per heavy atom. The number of ether oxygens (including phenoxy) is 1. The summed E-state index contributed by atoms with van der Waals surface area (Å²) in [4.78, 5) is 2.04. The van der Waals surface area contributed by atoms with Crippen molar-refractivity contribution in [3.63, 3.8) is 0 Å². The number of hydrogen-bond acceptors (Lipinski definition) is 6. The van der Waals surface area contributed by atoms with Crippen molar-refractivity contribution in [3.05, 3.63) is 29.8 Å². The van der Waals surface area contributed by atoms with Crippen molar-refractivity contribution in [2.24, 2.45) is 0 Å². The van der Waals surface area contributed by atoms with Gasteiger partial charge in [-0.05, 0) is 37.2 Å². The molecule has 8 heteroatoms. The highest BCUT2D eigenvalue weighted by molar-refractivity contribution is 8.09.